The van der Waals surface area contributed by atoms with Crippen molar-refractivity contribution in [2.45, 2.75) is 64.5 Å². The molecule has 3 fully saturated rings. The van der Waals surface area contributed by atoms with Gasteiger partial charge in [-0.3, -0.25) is 29.1 Å². The smallest absolute Gasteiger partial charge is 0.245 e. The standard InChI is InChI=1S/C28H36N8O3/c1-18(2)34-10-12-35(13-11-34)22-9-8-20(17-29-22)31-27-30-16-19-14-28(15-23(37)33(3)25(28)38)26(39)36(24(19)32-27)21-6-4-5-7-21/h8-9,16-18,21H,4-7,10-15H2,1-3H3,(H,30,31,32). The quantitative estimate of drug-likeness (QED) is 0.458. The molecule has 0 radical (unpaired) electrons. The number of hydrogen-bond acceptors (Lipinski definition) is 9. The highest BCUT2D eigenvalue weighted by Crippen LogP contribution is 2.46. The van der Waals surface area contributed by atoms with Crippen molar-refractivity contribution < 1.29 is 14.4 Å². The SMILES string of the molecule is CC(C)N1CCN(c2ccc(Nc3ncc4c(n3)N(C3CCCC3)C(=O)C3(CC(=O)N(C)C3=O)C4)cn2)CC1. The Morgan fingerprint density at radius 2 is 1.69 bits per heavy atom. The predicted octanol–water partition coefficient (Wildman–Crippen LogP) is 2.35. The zero-order chi connectivity index (χ0) is 27.3. The van der Waals surface area contributed by atoms with Gasteiger partial charge in [0.2, 0.25) is 23.7 Å². The molecule has 2 aromatic heterocycles. The Morgan fingerprint density at radius 3 is 2.31 bits per heavy atom. The molecule has 0 bridgehead atoms. The Bertz CT molecular complexity index is 1280. The van der Waals surface area contributed by atoms with Crippen LogP contribution in [0.1, 0.15) is 51.5 Å². The summed E-state index contributed by atoms with van der Waals surface area (Å²) < 4.78 is 0. The molecule has 1 unspecified atom stereocenters. The lowest BCUT2D eigenvalue weighted by Crippen LogP contribution is -2.56. The van der Waals surface area contributed by atoms with Gasteiger partial charge in [0.25, 0.3) is 0 Å². The molecule has 6 rings (SSSR count). The van der Waals surface area contributed by atoms with E-state index in [9.17, 15) is 14.4 Å². The number of imide groups is 1. The van der Waals surface area contributed by atoms with E-state index in [1.807, 2.05) is 12.1 Å². The summed E-state index contributed by atoms with van der Waals surface area (Å²) in [5.74, 6) is 0.798. The first kappa shape index (κ1) is 25.7. The minimum absolute atomic E-state index is 0.0397. The van der Waals surface area contributed by atoms with Crippen LogP contribution in [0.5, 0.6) is 0 Å². The lowest BCUT2D eigenvalue weighted by Gasteiger charge is -2.40. The number of hydrogen-bond donors (Lipinski definition) is 1. The van der Waals surface area contributed by atoms with E-state index in [2.05, 4.69) is 38.9 Å². The molecule has 11 nitrogen and oxygen atoms in total. The topological polar surface area (TPSA) is 115 Å². The molecule has 1 spiro atoms. The molecule has 1 N–H and O–H groups in total. The summed E-state index contributed by atoms with van der Waals surface area (Å²) in [6, 6.07) is 4.48. The van der Waals surface area contributed by atoms with Crippen molar-refractivity contribution in [3.05, 3.63) is 30.1 Å². The summed E-state index contributed by atoms with van der Waals surface area (Å²) in [6.07, 6.45) is 7.24. The summed E-state index contributed by atoms with van der Waals surface area (Å²) in [6.45, 7) is 8.40. The number of rotatable bonds is 5. The molecule has 3 aliphatic heterocycles. The predicted molar refractivity (Wildman–Crippen MR) is 147 cm³/mol. The highest BCUT2D eigenvalue weighted by molar-refractivity contribution is 6.21. The van der Waals surface area contributed by atoms with Gasteiger partial charge in [0.1, 0.15) is 17.1 Å². The summed E-state index contributed by atoms with van der Waals surface area (Å²) in [5, 5.41) is 3.24. The number of likely N-dealkylation sites (tertiary alicyclic amines) is 1. The van der Waals surface area contributed by atoms with Crippen molar-refractivity contribution in [3.63, 3.8) is 0 Å². The van der Waals surface area contributed by atoms with Crippen LogP contribution in [0.15, 0.2) is 24.5 Å². The van der Waals surface area contributed by atoms with Crippen molar-refractivity contribution >= 4 is 41.0 Å². The summed E-state index contributed by atoms with van der Waals surface area (Å²) >= 11 is 0. The molecular formula is C28H36N8O3. The fraction of sp³-hybridized carbons (Fsp3) is 0.571. The molecular weight excluding hydrogens is 496 g/mol. The fourth-order valence-electron chi connectivity index (χ4n) is 6.46. The lowest BCUT2D eigenvalue weighted by molar-refractivity contribution is -0.144. The molecule has 39 heavy (non-hydrogen) atoms. The van der Waals surface area contributed by atoms with E-state index in [1.54, 1.807) is 17.3 Å². The second-order valence-electron chi connectivity index (χ2n) is 11.5. The van der Waals surface area contributed by atoms with Gasteiger partial charge in [-0.25, -0.2) is 9.97 Å². The van der Waals surface area contributed by atoms with Gasteiger partial charge in [-0.05, 0) is 38.8 Å². The van der Waals surface area contributed by atoms with Crippen molar-refractivity contribution in [3.8, 4) is 0 Å². The minimum atomic E-state index is -1.39. The van der Waals surface area contributed by atoms with Crippen LogP contribution in [0.3, 0.4) is 0 Å². The Hall–Kier alpha value is -3.60. The normalized spacial score (nSPS) is 24.4. The number of pyridine rings is 1. The minimum Gasteiger partial charge on any atom is -0.354 e. The third-order valence-corrected chi connectivity index (χ3v) is 8.79. The van der Waals surface area contributed by atoms with Gasteiger partial charge < -0.3 is 10.2 Å². The number of anilines is 4. The molecule has 2 saturated heterocycles. The third kappa shape index (κ3) is 4.42. The van der Waals surface area contributed by atoms with Crippen molar-refractivity contribution in [2.75, 3.05) is 48.3 Å². The Morgan fingerprint density at radius 1 is 0.949 bits per heavy atom. The van der Waals surface area contributed by atoms with Gasteiger partial charge in [-0.1, -0.05) is 12.8 Å². The highest BCUT2D eigenvalue weighted by Gasteiger charge is 2.60. The molecule has 3 amide bonds. The maximum absolute atomic E-state index is 13.9. The largest absolute Gasteiger partial charge is 0.354 e. The second-order valence-corrected chi connectivity index (χ2v) is 11.5. The Kier molecular flexibility index (Phi) is 6.49. The summed E-state index contributed by atoms with van der Waals surface area (Å²) in [7, 11) is 1.45. The lowest BCUT2D eigenvalue weighted by atomic mass is 9.76. The van der Waals surface area contributed by atoms with E-state index < -0.39 is 11.3 Å². The summed E-state index contributed by atoms with van der Waals surface area (Å²) in [4.78, 5) is 61.1. The molecule has 206 valence electrons. The van der Waals surface area contributed by atoms with Gasteiger partial charge in [-0.2, -0.15) is 4.98 Å². The van der Waals surface area contributed by atoms with Gasteiger partial charge >= 0.3 is 0 Å². The van der Waals surface area contributed by atoms with Crippen LogP contribution in [0, 0.1) is 5.41 Å². The zero-order valence-corrected chi connectivity index (χ0v) is 22.9. The number of aromatic nitrogens is 3. The number of piperazine rings is 1. The van der Waals surface area contributed by atoms with Crippen LogP contribution in [0.2, 0.25) is 0 Å². The molecule has 1 atom stereocenters. The van der Waals surface area contributed by atoms with Crippen LogP contribution in [-0.2, 0) is 20.8 Å². The molecule has 0 aromatic carbocycles. The van der Waals surface area contributed by atoms with Crippen molar-refractivity contribution in [1.29, 1.82) is 0 Å². The van der Waals surface area contributed by atoms with E-state index in [0.29, 0.717) is 17.8 Å². The van der Waals surface area contributed by atoms with Gasteiger partial charge in [0.05, 0.1) is 18.3 Å². The average Bonchev–Trinajstić information content (AvgIpc) is 3.54. The van der Waals surface area contributed by atoms with Crippen LogP contribution >= 0.6 is 0 Å². The third-order valence-electron chi connectivity index (χ3n) is 8.79. The fourth-order valence-corrected chi connectivity index (χ4v) is 6.46. The second kappa shape index (κ2) is 9.86. The molecule has 1 aliphatic carbocycles. The molecule has 1 saturated carbocycles. The van der Waals surface area contributed by atoms with Gasteiger partial charge in [-0.15, -0.1) is 0 Å². The summed E-state index contributed by atoms with van der Waals surface area (Å²) in [5.41, 5.74) is 0.0846. The monoisotopic (exact) mass is 532 g/mol. The van der Waals surface area contributed by atoms with E-state index in [4.69, 9.17) is 4.98 Å². The van der Waals surface area contributed by atoms with Crippen LogP contribution in [-0.4, -0.2) is 87.8 Å². The van der Waals surface area contributed by atoms with Gasteiger partial charge in [0.15, 0.2) is 0 Å². The molecule has 4 aliphatic rings. The number of carbonyl (C=O) groups is 3. The number of nitrogens with one attached hydrogen (secondary N) is 1. The molecule has 11 heteroatoms. The highest BCUT2D eigenvalue weighted by atomic mass is 16.2. The number of carbonyl (C=O) groups excluding carboxylic acids is 3. The van der Waals surface area contributed by atoms with E-state index in [-0.39, 0.29) is 30.7 Å². The van der Waals surface area contributed by atoms with Crippen molar-refractivity contribution in [1.82, 2.24) is 24.8 Å². The Labute approximate surface area is 228 Å². The van der Waals surface area contributed by atoms with Crippen LogP contribution in [0.4, 0.5) is 23.3 Å². The maximum atomic E-state index is 13.9. The first-order valence-corrected chi connectivity index (χ1v) is 14.0. The molecule has 5 heterocycles. The first-order valence-electron chi connectivity index (χ1n) is 14.0. The van der Waals surface area contributed by atoms with E-state index in [0.717, 1.165) is 73.8 Å². The van der Waals surface area contributed by atoms with Gasteiger partial charge in [0, 0.05) is 63.5 Å². The number of nitrogens with zero attached hydrogens (tertiary/aromatic N) is 7. The van der Waals surface area contributed by atoms with E-state index in [1.165, 1.54) is 7.05 Å². The zero-order valence-electron chi connectivity index (χ0n) is 22.9. The number of fused-ring (bicyclic) bond motifs is 1. The average molecular weight is 533 g/mol. The number of amides is 3. The van der Waals surface area contributed by atoms with Crippen molar-refractivity contribution in [2.24, 2.45) is 5.41 Å². The van der Waals surface area contributed by atoms with E-state index >= 15 is 0 Å². The Balaban J connectivity index is 1.23. The van der Waals surface area contributed by atoms with Crippen LogP contribution < -0.4 is 15.1 Å². The maximum Gasteiger partial charge on any atom is 0.245 e. The first-order chi connectivity index (χ1) is 18.8. The molecule has 2 aromatic rings. The van der Waals surface area contributed by atoms with Crippen LogP contribution in [0.25, 0.3) is 0 Å².